The molecule has 1 fully saturated rings. The number of hydrogen-bond donors (Lipinski definition) is 0. The molecule has 1 saturated heterocycles. The number of rotatable bonds is 11. The summed E-state index contributed by atoms with van der Waals surface area (Å²) in [5, 5.41) is 0. The topological polar surface area (TPSA) is 136 Å². The highest BCUT2D eigenvalue weighted by molar-refractivity contribution is 5.92. The maximum absolute atomic E-state index is 14.7. The van der Waals surface area contributed by atoms with Crippen molar-refractivity contribution in [3.63, 3.8) is 0 Å². The summed E-state index contributed by atoms with van der Waals surface area (Å²) in [6.45, 7) is -0.768. The van der Waals surface area contributed by atoms with Gasteiger partial charge in [-0.1, -0.05) is 91.0 Å². The normalized spacial score (nSPS) is 19.6. The monoisotopic (exact) mass is 767 g/mol. The summed E-state index contributed by atoms with van der Waals surface area (Å²) in [7, 11) is 0. The van der Waals surface area contributed by atoms with Gasteiger partial charge in [-0.05, 0) is 60.7 Å². The van der Waals surface area contributed by atoms with Crippen molar-refractivity contribution in [3.05, 3.63) is 174 Å². The van der Waals surface area contributed by atoms with Crippen LogP contribution in [0.1, 0.15) is 41.4 Å². The highest BCUT2D eigenvalue weighted by atomic mass is 19.4. The molecule has 14 heteroatoms. The maximum Gasteiger partial charge on any atom is 0.468 e. The van der Waals surface area contributed by atoms with Gasteiger partial charge in [0.25, 0.3) is 5.90 Å². The molecule has 0 spiro atoms. The van der Waals surface area contributed by atoms with Crippen molar-refractivity contribution in [1.29, 1.82) is 0 Å². The number of para-hydroxylation sites is 1. The van der Waals surface area contributed by atoms with Gasteiger partial charge in [0.1, 0.15) is 12.7 Å². The fraction of sp³-hybridized carbons (Fsp3) is 0.167. The molecule has 0 N–H and O–H groups in total. The van der Waals surface area contributed by atoms with Crippen LogP contribution < -0.4 is 0 Å². The van der Waals surface area contributed by atoms with E-state index in [1.54, 1.807) is 54.6 Å². The van der Waals surface area contributed by atoms with E-state index in [1.807, 2.05) is 0 Å². The average molecular weight is 768 g/mol. The minimum Gasteiger partial charge on any atom is -0.459 e. The van der Waals surface area contributed by atoms with Crippen LogP contribution in [0.5, 0.6) is 0 Å². The van der Waals surface area contributed by atoms with Crippen LogP contribution in [0.4, 0.5) is 18.9 Å². The highest BCUT2D eigenvalue weighted by Gasteiger charge is 2.56. The second-order valence-electron chi connectivity index (χ2n) is 12.1. The number of alkyl halides is 3. The van der Waals surface area contributed by atoms with Gasteiger partial charge in [-0.2, -0.15) is 13.2 Å². The van der Waals surface area contributed by atoms with Crippen LogP contribution in [0.15, 0.2) is 157 Å². The first kappa shape index (κ1) is 38.9. The number of carbonyl (C=O) groups excluding carboxylic acids is 4. The highest BCUT2D eigenvalue weighted by Crippen LogP contribution is 2.34. The van der Waals surface area contributed by atoms with Crippen molar-refractivity contribution in [2.24, 2.45) is 4.99 Å². The molecule has 0 radical (unpaired) electrons. The van der Waals surface area contributed by atoms with Gasteiger partial charge in [0.05, 0.1) is 27.9 Å². The SMILES string of the molecule is O=C(OC[C@H]1OC(OC(=Nc2ccccc2)C(F)(F)F)[C@H](OC(=O)c2ccccc2)[C@@H](OC(=O)c2ccccc2)[C@H]1OC(=O)c1ccccc1)c1ccccc1. The van der Waals surface area contributed by atoms with Gasteiger partial charge in [0.2, 0.25) is 12.4 Å². The zero-order valence-electron chi connectivity index (χ0n) is 29.2. The molecule has 0 amide bonds. The van der Waals surface area contributed by atoms with Crippen LogP contribution >= 0.6 is 0 Å². The van der Waals surface area contributed by atoms with E-state index in [-0.39, 0.29) is 27.9 Å². The van der Waals surface area contributed by atoms with Crippen LogP contribution in [0, 0.1) is 0 Å². The number of ether oxygens (including phenoxy) is 6. The zero-order valence-corrected chi connectivity index (χ0v) is 29.2. The Bertz CT molecular complexity index is 2120. The molecule has 1 unspecified atom stereocenters. The first-order valence-electron chi connectivity index (χ1n) is 17.1. The molecule has 56 heavy (non-hydrogen) atoms. The number of hydrogen-bond acceptors (Lipinski definition) is 11. The molecule has 286 valence electrons. The molecule has 1 aliphatic rings. The molecule has 5 aromatic carbocycles. The van der Waals surface area contributed by atoms with E-state index in [2.05, 4.69) is 4.99 Å². The number of nitrogens with zero attached hydrogens (tertiary/aromatic N) is 1. The Labute approximate surface area is 318 Å². The lowest BCUT2D eigenvalue weighted by molar-refractivity contribution is -0.283. The van der Waals surface area contributed by atoms with Crippen LogP contribution in [0.2, 0.25) is 0 Å². The maximum atomic E-state index is 14.7. The van der Waals surface area contributed by atoms with Gasteiger partial charge >= 0.3 is 30.1 Å². The first-order chi connectivity index (χ1) is 27.1. The number of esters is 4. The molecule has 0 saturated carbocycles. The van der Waals surface area contributed by atoms with Gasteiger partial charge in [-0.15, -0.1) is 0 Å². The van der Waals surface area contributed by atoms with Crippen molar-refractivity contribution in [3.8, 4) is 0 Å². The summed E-state index contributed by atoms with van der Waals surface area (Å²) in [5.41, 5.74) is -0.0451. The molecule has 5 aromatic rings. The second kappa shape index (κ2) is 18.0. The van der Waals surface area contributed by atoms with Crippen molar-refractivity contribution >= 4 is 35.5 Å². The zero-order chi connectivity index (χ0) is 39.5. The first-order valence-corrected chi connectivity index (χ1v) is 17.1. The van der Waals surface area contributed by atoms with Gasteiger partial charge < -0.3 is 28.4 Å². The summed E-state index contributed by atoms with van der Waals surface area (Å²) in [4.78, 5) is 57.7. The lowest BCUT2D eigenvalue weighted by Gasteiger charge is -2.44. The van der Waals surface area contributed by atoms with Gasteiger partial charge in [-0.25, -0.2) is 24.2 Å². The Kier molecular flexibility index (Phi) is 12.5. The van der Waals surface area contributed by atoms with Crippen LogP contribution in [0.25, 0.3) is 0 Å². The predicted octanol–water partition coefficient (Wildman–Crippen LogP) is 7.55. The Morgan fingerprint density at radius 2 is 0.875 bits per heavy atom. The molecule has 1 heterocycles. The van der Waals surface area contributed by atoms with Crippen LogP contribution in [0.3, 0.4) is 0 Å². The number of halogens is 3. The van der Waals surface area contributed by atoms with Crippen LogP contribution in [-0.4, -0.2) is 73.3 Å². The van der Waals surface area contributed by atoms with E-state index in [0.29, 0.717) is 0 Å². The Hall–Kier alpha value is -6.80. The van der Waals surface area contributed by atoms with E-state index in [1.165, 1.54) is 97.1 Å². The van der Waals surface area contributed by atoms with E-state index in [0.717, 1.165) is 0 Å². The van der Waals surface area contributed by atoms with Crippen molar-refractivity contribution < 1.29 is 60.8 Å². The minimum atomic E-state index is -5.24. The van der Waals surface area contributed by atoms with E-state index < -0.39 is 73.3 Å². The number of carbonyl (C=O) groups is 4. The summed E-state index contributed by atoms with van der Waals surface area (Å²) in [6.07, 6.45) is -15.0. The molecular formula is C42H32F3NO10. The molecule has 0 bridgehead atoms. The molecule has 0 aliphatic carbocycles. The lowest BCUT2D eigenvalue weighted by atomic mass is 9.97. The standard InChI is InChI=1S/C42H32F3NO10/c43-42(44,45)41(46-31-24-14-5-15-25-31)56-40-35(55-39(50)30-22-12-4-13-23-30)34(54-38(49)29-20-10-3-11-21-29)33(53-37(48)28-18-8-2-9-19-28)32(52-40)26-51-36(47)27-16-6-1-7-17-27/h1-25,32-35,40H,26H2/t32-,33+,34+,35-,40?/m1/s1. The van der Waals surface area contributed by atoms with E-state index in [9.17, 15) is 32.3 Å². The third kappa shape index (κ3) is 10.0. The summed E-state index contributed by atoms with van der Waals surface area (Å²) >= 11 is 0. The van der Waals surface area contributed by atoms with Crippen molar-refractivity contribution in [1.82, 2.24) is 0 Å². The fourth-order valence-corrected chi connectivity index (χ4v) is 5.51. The molecule has 1 aliphatic heterocycles. The molecule has 11 nitrogen and oxygen atoms in total. The predicted molar refractivity (Wildman–Crippen MR) is 193 cm³/mol. The Morgan fingerprint density at radius 3 is 1.30 bits per heavy atom. The van der Waals surface area contributed by atoms with Gasteiger partial charge in [0, 0.05) is 0 Å². The van der Waals surface area contributed by atoms with Gasteiger partial charge in [-0.3, -0.25) is 0 Å². The average Bonchev–Trinajstić information content (AvgIpc) is 3.22. The third-order valence-corrected chi connectivity index (χ3v) is 8.19. The lowest BCUT2D eigenvalue weighted by Crippen LogP contribution is -2.63. The summed E-state index contributed by atoms with van der Waals surface area (Å²) in [6, 6.07) is 37.3. The number of aliphatic imine (C=N–C) groups is 1. The molecule has 0 aromatic heterocycles. The van der Waals surface area contributed by atoms with Crippen molar-refractivity contribution in [2.75, 3.05) is 6.61 Å². The summed E-state index contributed by atoms with van der Waals surface area (Å²) in [5.74, 6) is -5.77. The quantitative estimate of drug-likeness (QED) is 0.0574. The second-order valence-corrected chi connectivity index (χ2v) is 12.1. The Morgan fingerprint density at radius 1 is 0.500 bits per heavy atom. The van der Waals surface area contributed by atoms with E-state index in [4.69, 9.17) is 28.4 Å². The number of benzene rings is 5. The molecular weight excluding hydrogens is 735 g/mol. The van der Waals surface area contributed by atoms with Crippen LogP contribution in [-0.2, 0) is 28.4 Å². The minimum absolute atomic E-state index is 0.00796. The Balaban J connectivity index is 1.46. The smallest absolute Gasteiger partial charge is 0.459 e. The summed E-state index contributed by atoms with van der Waals surface area (Å²) < 4.78 is 78.6. The largest absolute Gasteiger partial charge is 0.468 e. The third-order valence-electron chi connectivity index (χ3n) is 8.19. The van der Waals surface area contributed by atoms with Gasteiger partial charge in [0.15, 0.2) is 12.2 Å². The molecule has 5 atom stereocenters. The van der Waals surface area contributed by atoms with Crippen molar-refractivity contribution in [2.45, 2.75) is 36.9 Å². The van der Waals surface area contributed by atoms with E-state index >= 15 is 0 Å². The molecule has 6 rings (SSSR count). The fourth-order valence-electron chi connectivity index (χ4n) is 5.51.